The van der Waals surface area contributed by atoms with Crippen LogP contribution < -0.4 is 5.32 Å². The summed E-state index contributed by atoms with van der Waals surface area (Å²) >= 11 is 2.96. The van der Waals surface area contributed by atoms with Crippen molar-refractivity contribution >= 4 is 27.5 Å². The van der Waals surface area contributed by atoms with Crippen molar-refractivity contribution in [2.45, 2.75) is 6.92 Å². The zero-order chi connectivity index (χ0) is 14.9. The second-order valence-electron chi connectivity index (χ2n) is 4.14. The van der Waals surface area contributed by atoms with Gasteiger partial charge < -0.3 is 5.32 Å². The minimum Gasteiger partial charge on any atom is -0.322 e. The number of halogens is 4. The van der Waals surface area contributed by atoms with Gasteiger partial charge in [0.25, 0.3) is 5.91 Å². The number of carbonyl (C=O) groups excluding carboxylic acids is 1. The van der Waals surface area contributed by atoms with Gasteiger partial charge in [-0.1, -0.05) is 6.07 Å². The molecule has 0 heterocycles. The number of rotatable bonds is 2. The first-order valence-electron chi connectivity index (χ1n) is 5.61. The Morgan fingerprint density at radius 2 is 1.75 bits per heavy atom. The normalized spacial score (nSPS) is 10.4. The summed E-state index contributed by atoms with van der Waals surface area (Å²) in [4.78, 5) is 11.9. The van der Waals surface area contributed by atoms with Gasteiger partial charge in [-0.15, -0.1) is 0 Å². The second kappa shape index (κ2) is 5.66. The fourth-order valence-electron chi connectivity index (χ4n) is 1.63. The van der Waals surface area contributed by atoms with E-state index in [1.54, 1.807) is 0 Å². The second-order valence-corrected chi connectivity index (χ2v) is 4.99. The molecule has 2 aromatic carbocycles. The topological polar surface area (TPSA) is 29.1 Å². The molecule has 0 atom stereocenters. The van der Waals surface area contributed by atoms with E-state index in [-0.39, 0.29) is 15.7 Å². The zero-order valence-corrected chi connectivity index (χ0v) is 11.9. The molecule has 0 aliphatic heterocycles. The highest BCUT2D eigenvalue weighted by atomic mass is 79.9. The average Bonchev–Trinajstić information content (AvgIpc) is 2.39. The van der Waals surface area contributed by atoms with Crippen LogP contribution in [-0.2, 0) is 0 Å². The van der Waals surface area contributed by atoms with Crippen LogP contribution in [0.2, 0.25) is 0 Å². The fourth-order valence-corrected chi connectivity index (χ4v) is 2.01. The molecule has 0 radical (unpaired) electrons. The zero-order valence-electron chi connectivity index (χ0n) is 10.3. The van der Waals surface area contributed by atoms with Gasteiger partial charge in [-0.05, 0) is 52.7 Å². The quantitative estimate of drug-likeness (QED) is 0.858. The number of benzene rings is 2. The van der Waals surface area contributed by atoms with E-state index in [2.05, 4.69) is 21.2 Å². The molecule has 2 rings (SSSR count). The van der Waals surface area contributed by atoms with Crippen molar-refractivity contribution in [1.29, 1.82) is 0 Å². The van der Waals surface area contributed by atoms with Crippen LogP contribution in [0.1, 0.15) is 15.9 Å². The van der Waals surface area contributed by atoms with Crippen molar-refractivity contribution in [3.8, 4) is 0 Å². The first kappa shape index (κ1) is 14.6. The smallest absolute Gasteiger partial charge is 0.261 e. The number of nitrogens with one attached hydrogen (secondary N) is 1. The summed E-state index contributed by atoms with van der Waals surface area (Å²) in [5, 5.41) is 2.32. The number of hydrogen-bond acceptors (Lipinski definition) is 1. The lowest BCUT2D eigenvalue weighted by atomic mass is 10.1. The summed E-state index contributed by atoms with van der Waals surface area (Å²) in [6.07, 6.45) is 0. The summed E-state index contributed by atoms with van der Waals surface area (Å²) in [6.45, 7) is 1.43. The number of hydrogen-bond donors (Lipinski definition) is 1. The van der Waals surface area contributed by atoms with Gasteiger partial charge in [-0.2, -0.15) is 0 Å². The van der Waals surface area contributed by atoms with E-state index in [0.717, 1.165) is 12.1 Å². The molecule has 0 saturated heterocycles. The van der Waals surface area contributed by atoms with Gasteiger partial charge in [0.1, 0.15) is 23.0 Å². The Morgan fingerprint density at radius 1 is 1.10 bits per heavy atom. The van der Waals surface area contributed by atoms with Crippen LogP contribution in [0, 0.1) is 24.4 Å². The van der Waals surface area contributed by atoms with Crippen LogP contribution in [0.25, 0.3) is 0 Å². The maximum atomic E-state index is 13.8. The van der Waals surface area contributed by atoms with Gasteiger partial charge in [-0.25, -0.2) is 13.2 Å². The third kappa shape index (κ3) is 2.85. The largest absolute Gasteiger partial charge is 0.322 e. The van der Waals surface area contributed by atoms with Gasteiger partial charge in [0, 0.05) is 5.69 Å². The average molecular weight is 344 g/mol. The molecule has 2 aromatic rings. The third-order valence-corrected chi connectivity index (χ3v) is 3.30. The minimum absolute atomic E-state index is 0.139. The Morgan fingerprint density at radius 3 is 2.40 bits per heavy atom. The van der Waals surface area contributed by atoms with E-state index >= 15 is 0 Å². The lowest BCUT2D eigenvalue weighted by molar-refractivity contribution is 0.101. The first-order valence-corrected chi connectivity index (χ1v) is 6.40. The molecule has 0 saturated carbocycles. The summed E-state index contributed by atoms with van der Waals surface area (Å²) in [7, 11) is 0. The summed E-state index contributed by atoms with van der Waals surface area (Å²) < 4.78 is 40.5. The molecule has 104 valence electrons. The summed E-state index contributed by atoms with van der Waals surface area (Å²) in [6, 6.07) is 5.99. The predicted molar refractivity (Wildman–Crippen MR) is 73.1 cm³/mol. The molecule has 1 N–H and O–H groups in total. The van der Waals surface area contributed by atoms with Gasteiger partial charge in [0.15, 0.2) is 0 Å². The molecule has 0 aliphatic rings. The minimum atomic E-state index is -0.952. The lowest BCUT2D eigenvalue weighted by Crippen LogP contribution is -2.16. The number of amides is 1. The van der Waals surface area contributed by atoms with E-state index in [1.807, 2.05) is 0 Å². The van der Waals surface area contributed by atoms with Gasteiger partial charge in [0.05, 0.1) is 4.47 Å². The van der Waals surface area contributed by atoms with Crippen molar-refractivity contribution in [1.82, 2.24) is 0 Å². The van der Waals surface area contributed by atoms with Crippen molar-refractivity contribution in [3.05, 3.63) is 63.4 Å². The molecule has 0 unspecified atom stereocenters. The molecule has 0 aliphatic carbocycles. The van der Waals surface area contributed by atoms with Crippen molar-refractivity contribution in [3.63, 3.8) is 0 Å². The molecular weight excluding hydrogens is 335 g/mol. The predicted octanol–water partition coefficient (Wildman–Crippen LogP) is 4.43. The van der Waals surface area contributed by atoms with Crippen LogP contribution in [0.3, 0.4) is 0 Å². The van der Waals surface area contributed by atoms with E-state index in [1.165, 1.54) is 25.1 Å². The molecule has 1 amide bonds. The highest BCUT2D eigenvalue weighted by Gasteiger charge is 2.19. The highest BCUT2D eigenvalue weighted by Crippen LogP contribution is 2.22. The fraction of sp³-hybridized carbons (Fsp3) is 0.0714. The van der Waals surface area contributed by atoms with E-state index < -0.39 is 28.9 Å². The summed E-state index contributed by atoms with van der Waals surface area (Å²) in [5.41, 5.74) is -0.272. The molecule has 0 aromatic heterocycles. The molecule has 0 fully saturated rings. The molecule has 6 heteroatoms. The van der Waals surface area contributed by atoms with E-state index in [4.69, 9.17) is 0 Å². The van der Waals surface area contributed by atoms with Crippen LogP contribution in [0.5, 0.6) is 0 Å². The molecule has 0 spiro atoms. The van der Waals surface area contributed by atoms with Crippen LogP contribution in [0.15, 0.2) is 34.8 Å². The third-order valence-electron chi connectivity index (χ3n) is 2.69. The standard InChI is InChI=1S/C14H9BrF3NO/c1-7-2-4-11(17)12(13(7)18)14(20)19-8-3-5-10(16)9(15)6-8/h2-6H,1H3,(H,19,20). The monoisotopic (exact) mass is 343 g/mol. The van der Waals surface area contributed by atoms with Crippen molar-refractivity contribution in [2.24, 2.45) is 0 Å². The Labute approximate surface area is 121 Å². The Balaban J connectivity index is 2.33. The number of anilines is 1. The number of aryl methyl sites for hydroxylation is 1. The molecule has 2 nitrogen and oxygen atoms in total. The Bertz CT molecular complexity index is 688. The Hall–Kier alpha value is -1.82. The SMILES string of the molecule is Cc1ccc(F)c(C(=O)Nc2ccc(F)c(Br)c2)c1F. The van der Waals surface area contributed by atoms with Gasteiger partial charge >= 0.3 is 0 Å². The molecular formula is C14H9BrF3NO. The number of carbonyl (C=O) groups is 1. The maximum Gasteiger partial charge on any atom is 0.261 e. The summed E-state index contributed by atoms with van der Waals surface area (Å²) in [5.74, 6) is -3.30. The van der Waals surface area contributed by atoms with E-state index in [9.17, 15) is 18.0 Å². The van der Waals surface area contributed by atoms with Gasteiger partial charge in [0.2, 0.25) is 0 Å². The van der Waals surface area contributed by atoms with Crippen LogP contribution in [0.4, 0.5) is 18.9 Å². The maximum absolute atomic E-state index is 13.8. The molecule has 20 heavy (non-hydrogen) atoms. The van der Waals surface area contributed by atoms with Crippen molar-refractivity contribution < 1.29 is 18.0 Å². The lowest BCUT2D eigenvalue weighted by Gasteiger charge is -2.09. The van der Waals surface area contributed by atoms with Gasteiger partial charge in [-0.3, -0.25) is 4.79 Å². The molecule has 0 bridgehead atoms. The first-order chi connectivity index (χ1) is 9.40. The van der Waals surface area contributed by atoms with E-state index in [0.29, 0.717) is 0 Å². The Kier molecular flexibility index (Phi) is 4.13. The highest BCUT2D eigenvalue weighted by molar-refractivity contribution is 9.10. The van der Waals surface area contributed by atoms with Crippen LogP contribution in [-0.4, -0.2) is 5.91 Å². The van der Waals surface area contributed by atoms with Crippen LogP contribution >= 0.6 is 15.9 Å². The van der Waals surface area contributed by atoms with Crippen molar-refractivity contribution in [2.75, 3.05) is 5.32 Å².